The van der Waals surface area contributed by atoms with Gasteiger partial charge in [0.15, 0.2) is 11.5 Å². The van der Waals surface area contributed by atoms with Crippen LogP contribution in [-0.2, 0) is 11.2 Å². The van der Waals surface area contributed by atoms with Crippen molar-refractivity contribution in [2.24, 2.45) is 5.92 Å². The summed E-state index contributed by atoms with van der Waals surface area (Å²) in [5, 5.41) is 19.1. The van der Waals surface area contributed by atoms with Gasteiger partial charge in [-0.3, -0.25) is 14.9 Å². The molecule has 10 nitrogen and oxygen atoms in total. The maximum atomic E-state index is 11.7. The number of nitrogens with zero attached hydrogens (tertiary/aromatic N) is 1. The van der Waals surface area contributed by atoms with Crippen molar-refractivity contribution in [3.8, 4) is 11.5 Å². The van der Waals surface area contributed by atoms with Gasteiger partial charge in [0.1, 0.15) is 0 Å². The first kappa shape index (κ1) is 22.0. The summed E-state index contributed by atoms with van der Waals surface area (Å²) in [6.07, 6.45) is 0.244. The molecule has 0 fully saturated rings. The molecule has 27 heavy (non-hydrogen) atoms. The highest BCUT2D eigenvalue weighted by Crippen LogP contribution is 2.34. The van der Waals surface area contributed by atoms with E-state index in [9.17, 15) is 19.7 Å². The van der Waals surface area contributed by atoms with Gasteiger partial charge in [-0.15, -0.1) is 0 Å². The number of hydrogen-bond acceptors (Lipinski definition) is 6. The van der Waals surface area contributed by atoms with Gasteiger partial charge in [-0.25, -0.2) is 4.79 Å². The minimum absolute atomic E-state index is 0.0852. The molecule has 0 spiro atoms. The van der Waals surface area contributed by atoms with E-state index in [2.05, 4.69) is 16.0 Å². The highest BCUT2D eigenvalue weighted by molar-refractivity contribution is 5.78. The van der Waals surface area contributed by atoms with Crippen molar-refractivity contribution in [2.75, 3.05) is 33.9 Å². The summed E-state index contributed by atoms with van der Waals surface area (Å²) < 4.78 is 10.2. The van der Waals surface area contributed by atoms with Gasteiger partial charge in [-0.05, 0) is 12.5 Å². The highest BCUT2D eigenvalue weighted by atomic mass is 16.6. The molecule has 0 aliphatic rings. The number of nitrogens with one attached hydrogen (secondary N) is 3. The van der Waals surface area contributed by atoms with Gasteiger partial charge in [0.2, 0.25) is 5.91 Å². The van der Waals surface area contributed by atoms with Crippen LogP contribution in [0.4, 0.5) is 10.5 Å². The second kappa shape index (κ2) is 10.8. The summed E-state index contributed by atoms with van der Waals surface area (Å²) in [4.78, 5) is 33.9. The molecule has 0 aliphatic heterocycles. The van der Waals surface area contributed by atoms with Crippen LogP contribution >= 0.6 is 0 Å². The molecule has 3 amide bonds. The Balaban J connectivity index is 2.52. The predicted octanol–water partition coefficient (Wildman–Crippen LogP) is 1.23. The summed E-state index contributed by atoms with van der Waals surface area (Å²) in [6.45, 7) is 4.36. The number of ether oxygens (including phenoxy) is 2. The summed E-state index contributed by atoms with van der Waals surface area (Å²) >= 11 is 0. The number of benzene rings is 1. The fraction of sp³-hybridized carbons (Fsp3) is 0.529. The van der Waals surface area contributed by atoms with Gasteiger partial charge < -0.3 is 25.4 Å². The summed E-state index contributed by atoms with van der Waals surface area (Å²) in [6, 6.07) is 2.40. The Labute approximate surface area is 157 Å². The minimum atomic E-state index is -0.505. The zero-order valence-corrected chi connectivity index (χ0v) is 16.0. The Morgan fingerprint density at radius 1 is 1.04 bits per heavy atom. The molecule has 0 radical (unpaired) electrons. The smallest absolute Gasteiger partial charge is 0.314 e. The van der Waals surface area contributed by atoms with Gasteiger partial charge in [-0.1, -0.05) is 13.8 Å². The molecule has 10 heteroatoms. The van der Waals surface area contributed by atoms with E-state index in [1.807, 2.05) is 0 Å². The molecule has 0 unspecified atom stereocenters. The van der Waals surface area contributed by atoms with Crippen molar-refractivity contribution in [1.82, 2.24) is 16.0 Å². The van der Waals surface area contributed by atoms with E-state index in [0.717, 1.165) is 0 Å². The second-order valence-electron chi connectivity index (χ2n) is 5.97. The molecule has 1 rings (SSSR count). The number of nitro groups is 1. The third-order valence-corrected chi connectivity index (χ3v) is 3.70. The van der Waals surface area contributed by atoms with Crippen LogP contribution in [0.15, 0.2) is 12.1 Å². The van der Waals surface area contributed by atoms with Gasteiger partial charge in [0, 0.05) is 31.1 Å². The zero-order chi connectivity index (χ0) is 20.4. The van der Waals surface area contributed by atoms with Crippen molar-refractivity contribution >= 4 is 17.6 Å². The Kier molecular flexibility index (Phi) is 8.83. The van der Waals surface area contributed by atoms with E-state index in [4.69, 9.17) is 9.47 Å². The molecule has 0 saturated heterocycles. The van der Waals surface area contributed by atoms with Crippen molar-refractivity contribution in [2.45, 2.75) is 20.3 Å². The molecule has 0 bridgehead atoms. The lowest BCUT2D eigenvalue weighted by Crippen LogP contribution is -2.41. The third kappa shape index (κ3) is 7.00. The largest absolute Gasteiger partial charge is 0.493 e. The quantitative estimate of drug-likeness (QED) is 0.317. The molecular formula is C17H26N4O6. The Morgan fingerprint density at radius 2 is 1.59 bits per heavy atom. The van der Waals surface area contributed by atoms with E-state index in [1.165, 1.54) is 26.4 Å². The van der Waals surface area contributed by atoms with E-state index >= 15 is 0 Å². The number of rotatable bonds is 10. The van der Waals surface area contributed by atoms with E-state index < -0.39 is 11.0 Å². The number of carbonyl (C=O) groups excluding carboxylic acids is 2. The molecule has 0 saturated carbocycles. The van der Waals surface area contributed by atoms with Crippen molar-refractivity contribution in [1.29, 1.82) is 0 Å². The first-order chi connectivity index (χ1) is 12.8. The van der Waals surface area contributed by atoms with Crippen LogP contribution in [0, 0.1) is 16.0 Å². The maximum Gasteiger partial charge on any atom is 0.314 e. The number of amides is 3. The van der Waals surface area contributed by atoms with Crippen LogP contribution in [0.2, 0.25) is 0 Å². The fourth-order valence-electron chi connectivity index (χ4n) is 2.22. The lowest BCUT2D eigenvalue weighted by Gasteiger charge is -2.12. The number of urea groups is 1. The average Bonchev–Trinajstić information content (AvgIpc) is 2.64. The molecule has 1 aromatic carbocycles. The number of nitro benzene ring substituents is 1. The lowest BCUT2D eigenvalue weighted by atomic mass is 10.1. The highest BCUT2D eigenvalue weighted by Gasteiger charge is 2.19. The van der Waals surface area contributed by atoms with Crippen LogP contribution in [0.1, 0.15) is 19.4 Å². The predicted molar refractivity (Wildman–Crippen MR) is 99.2 cm³/mol. The SMILES string of the molecule is COc1cc(CCNC(=O)NCCNC(=O)C(C)C)c([N+](=O)[O-])cc1OC. The van der Waals surface area contributed by atoms with Gasteiger partial charge in [-0.2, -0.15) is 0 Å². The van der Waals surface area contributed by atoms with Gasteiger partial charge in [0.05, 0.1) is 25.2 Å². The number of hydrogen-bond donors (Lipinski definition) is 3. The summed E-state index contributed by atoms with van der Waals surface area (Å²) in [7, 11) is 2.84. The van der Waals surface area contributed by atoms with Crippen LogP contribution in [0.3, 0.4) is 0 Å². The summed E-state index contributed by atoms with van der Waals surface area (Å²) in [5.41, 5.74) is 0.313. The molecule has 0 aliphatic carbocycles. The van der Waals surface area contributed by atoms with Gasteiger partial charge >= 0.3 is 6.03 Å². The normalized spacial score (nSPS) is 10.3. The standard InChI is InChI=1S/C17H26N4O6/c1-11(2)16(22)18-7-8-20-17(23)19-6-5-12-9-14(26-3)15(27-4)10-13(12)21(24)25/h9-11H,5-8H2,1-4H3,(H,18,22)(H2,19,20,23). The molecule has 1 aromatic rings. The van der Waals surface area contributed by atoms with Crippen molar-refractivity contribution in [3.63, 3.8) is 0 Å². The average molecular weight is 382 g/mol. The zero-order valence-electron chi connectivity index (χ0n) is 16.0. The first-order valence-corrected chi connectivity index (χ1v) is 8.48. The molecule has 0 atom stereocenters. The molecule has 150 valence electrons. The third-order valence-electron chi connectivity index (χ3n) is 3.70. The number of carbonyl (C=O) groups is 2. The van der Waals surface area contributed by atoms with Crippen LogP contribution in [0.5, 0.6) is 11.5 Å². The molecule has 0 aromatic heterocycles. The number of methoxy groups -OCH3 is 2. The van der Waals surface area contributed by atoms with E-state index in [1.54, 1.807) is 13.8 Å². The first-order valence-electron chi connectivity index (χ1n) is 8.48. The Morgan fingerprint density at radius 3 is 2.15 bits per heavy atom. The topological polar surface area (TPSA) is 132 Å². The van der Waals surface area contributed by atoms with E-state index in [0.29, 0.717) is 17.9 Å². The summed E-state index contributed by atoms with van der Waals surface area (Å²) in [5.74, 6) is 0.444. The molecule has 3 N–H and O–H groups in total. The molecular weight excluding hydrogens is 356 g/mol. The Hall–Kier alpha value is -3.04. The molecule has 0 heterocycles. The van der Waals surface area contributed by atoms with Crippen LogP contribution in [0.25, 0.3) is 0 Å². The monoisotopic (exact) mass is 382 g/mol. The maximum absolute atomic E-state index is 11.7. The van der Waals surface area contributed by atoms with E-state index in [-0.39, 0.29) is 42.8 Å². The van der Waals surface area contributed by atoms with Crippen molar-refractivity contribution in [3.05, 3.63) is 27.8 Å². The van der Waals surface area contributed by atoms with Crippen LogP contribution < -0.4 is 25.4 Å². The van der Waals surface area contributed by atoms with Gasteiger partial charge in [0.25, 0.3) is 5.69 Å². The fourth-order valence-corrected chi connectivity index (χ4v) is 2.22. The van der Waals surface area contributed by atoms with Crippen molar-refractivity contribution < 1.29 is 24.0 Å². The van der Waals surface area contributed by atoms with Crippen LogP contribution in [-0.4, -0.2) is 50.7 Å². The lowest BCUT2D eigenvalue weighted by molar-refractivity contribution is -0.385. The second-order valence-corrected chi connectivity index (χ2v) is 5.97. The minimum Gasteiger partial charge on any atom is -0.493 e. The Bertz CT molecular complexity index is 678.